The van der Waals surface area contributed by atoms with Crippen molar-refractivity contribution in [2.24, 2.45) is 11.8 Å². The highest BCUT2D eigenvalue weighted by molar-refractivity contribution is 5.80. The molecule has 0 saturated carbocycles. The van der Waals surface area contributed by atoms with Gasteiger partial charge in [0.2, 0.25) is 0 Å². The SMILES string of the molecule is C=CC1CN(CCc2cc3ccccc3[nH]2)CCC1CC(=O)OCC. The molecule has 2 unspecified atom stereocenters. The molecule has 1 aromatic carbocycles. The number of piperidine rings is 1. The van der Waals surface area contributed by atoms with Crippen LogP contribution in [0.2, 0.25) is 0 Å². The number of nitrogens with zero attached hydrogens (tertiary/aromatic N) is 1. The van der Waals surface area contributed by atoms with E-state index >= 15 is 0 Å². The second kappa shape index (κ2) is 8.34. The van der Waals surface area contributed by atoms with Crippen LogP contribution in [0.4, 0.5) is 0 Å². The maximum Gasteiger partial charge on any atom is 0.306 e. The van der Waals surface area contributed by atoms with Crippen molar-refractivity contribution >= 4 is 16.9 Å². The normalized spacial score (nSPS) is 21.3. The largest absolute Gasteiger partial charge is 0.466 e. The summed E-state index contributed by atoms with van der Waals surface area (Å²) in [5, 5.41) is 1.27. The molecule has 1 fully saturated rings. The molecule has 134 valence electrons. The van der Waals surface area contributed by atoms with Crippen molar-refractivity contribution in [1.82, 2.24) is 9.88 Å². The lowest BCUT2D eigenvalue weighted by molar-refractivity contribution is -0.145. The first-order valence-electron chi connectivity index (χ1n) is 9.26. The van der Waals surface area contributed by atoms with Crippen LogP contribution >= 0.6 is 0 Å². The van der Waals surface area contributed by atoms with Crippen molar-refractivity contribution in [3.63, 3.8) is 0 Å². The first-order valence-corrected chi connectivity index (χ1v) is 9.26. The number of fused-ring (bicyclic) bond motifs is 1. The van der Waals surface area contributed by atoms with Crippen LogP contribution in [0.3, 0.4) is 0 Å². The van der Waals surface area contributed by atoms with Gasteiger partial charge in [0.05, 0.1) is 6.61 Å². The van der Waals surface area contributed by atoms with Gasteiger partial charge in [-0.05, 0) is 49.2 Å². The average molecular weight is 340 g/mol. The Kier molecular flexibility index (Phi) is 5.92. The molecule has 2 heterocycles. The summed E-state index contributed by atoms with van der Waals surface area (Å²) in [6.07, 6.45) is 4.57. The summed E-state index contributed by atoms with van der Waals surface area (Å²) >= 11 is 0. The summed E-state index contributed by atoms with van der Waals surface area (Å²) in [6, 6.07) is 10.6. The van der Waals surface area contributed by atoms with Crippen molar-refractivity contribution in [3.05, 3.63) is 48.7 Å². The van der Waals surface area contributed by atoms with Gasteiger partial charge in [-0.3, -0.25) is 4.79 Å². The molecule has 0 aliphatic carbocycles. The molecule has 1 aliphatic rings. The minimum Gasteiger partial charge on any atom is -0.466 e. The van der Waals surface area contributed by atoms with Gasteiger partial charge < -0.3 is 14.6 Å². The van der Waals surface area contributed by atoms with E-state index in [1.807, 2.05) is 13.0 Å². The number of aromatic nitrogens is 1. The third-order valence-corrected chi connectivity index (χ3v) is 5.21. The lowest BCUT2D eigenvalue weighted by atomic mass is 9.83. The van der Waals surface area contributed by atoms with Crippen molar-refractivity contribution in [3.8, 4) is 0 Å². The van der Waals surface area contributed by atoms with Gasteiger partial charge in [-0.25, -0.2) is 0 Å². The number of esters is 1. The number of carbonyl (C=O) groups excluding carboxylic acids is 1. The molecule has 25 heavy (non-hydrogen) atoms. The topological polar surface area (TPSA) is 45.3 Å². The number of carbonyl (C=O) groups is 1. The van der Waals surface area contributed by atoms with E-state index in [0.29, 0.717) is 24.9 Å². The third kappa shape index (κ3) is 4.51. The molecule has 2 aromatic rings. The van der Waals surface area contributed by atoms with Crippen LogP contribution in [0.1, 0.15) is 25.5 Å². The maximum atomic E-state index is 11.8. The first-order chi connectivity index (χ1) is 12.2. The fourth-order valence-corrected chi connectivity index (χ4v) is 3.81. The van der Waals surface area contributed by atoms with Crippen LogP contribution in [0, 0.1) is 11.8 Å². The van der Waals surface area contributed by atoms with Crippen molar-refractivity contribution < 1.29 is 9.53 Å². The summed E-state index contributed by atoms with van der Waals surface area (Å²) in [7, 11) is 0. The van der Waals surface area contributed by atoms with Gasteiger partial charge in [-0.2, -0.15) is 0 Å². The Balaban J connectivity index is 1.52. The van der Waals surface area contributed by atoms with E-state index in [9.17, 15) is 4.79 Å². The van der Waals surface area contributed by atoms with E-state index in [1.54, 1.807) is 0 Å². The minimum absolute atomic E-state index is 0.0779. The Hall–Kier alpha value is -2.07. The molecule has 1 aromatic heterocycles. The number of ether oxygens (including phenoxy) is 1. The Morgan fingerprint density at radius 3 is 3.04 bits per heavy atom. The van der Waals surface area contributed by atoms with Crippen molar-refractivity contribution in [2.75, 3.05) is 26.2 Å². The number of aromatic amines is 1. The molecular weight excluding hydrogens is 312 g/mol. The van der Waals surface area contributed by atoms with Gasteiger partial charge in [0.25, 0.3) is 0 Å². The molecule has 0 radical (unpaired) electrons. The van der Waals surface area contributed by atoms with Gasteiger partial charge in [-0.1, -0.05) is 24.3 Å². The Morgan fingerprint density at radius 2 is 2.28 bits per heavy atom. The predicted molar refractivity (Wildman–Crippen MR) is 101 cm³/mol. The van der Waals surface area contributed by atoms with Crippen molar-refractivity contribution in [2.45, 2.75) is 26.2 Å². The van der Waals surface area contributed by atoms with Gasteiger partial charge >= 0.3 is 5.97 Å². The van der Waals surface area contributed by atoms with E-state index in [2.05, 4.69) is 46.8 Å². The summed E-state index contributed by atoms with van der Waals surface area (Å²) in [4.78, 5) is 17.8. The lowest BCUT2D eigenvalue weighted by Gasteiger charge is -2.36. The van der Waals surface area contributed by atoms with Crippen LogP contribution in [0.5, 0.6) is 0 Å². The molecule has 1 N–H and O–H groups in total. The average Bonchev–Trinajstić information content (AvgIpc) is 3.04. The van der Waals surface area contributed by atoms with E-state index in [4.69, 9.17) is 4.74 Å². The minimum atomic E-state index is -0.0779. The van der Waals surface area contributed by atoms with Crippen LogP contribution in [-0.4, -0.2) is 42.1 Å². The number of nitrogens with one attached hydrogen (secondary N) is 1. The fourth-order valence-electron chi connectivity index (χ4n) is 3.81. The fraction of sp³-hybridized carbons (Fsp3) is 0.476. The zero-order valence-corrected chi connectivity index (χ0v) is 15.0. The number of likely N-dealkylation sites (tertiary alicyclic amines) is 1. The smallest absolute Gasteiger partial charge is 0.306 e. The number of H-pyrrole nitrogens is 1. The molecule has 4 nitrogen and oxygen atoms in total. The molecule has 0 spiro atoms. The molecular formula is C21H28N2O2. The van der Waals surface area contributed by atoms with Gasteiger partial charge in [0.1, 0.15) is 0 Å². The number of rotatable bonds is 7. The predicted octanol–water partition coefficient (Wildman–Crippen LogP) is 3.79. The monoisotopic (exact) mass is 340 g/mol. The summed E-state index contributed by atoms with van der Waals surface area (Å²) in [5.41, 5.74) is 2.49. The number of para-hydroxylation sites is 1. The Labute approximate surface area is 149 Å². The number of hydrogen-bond acceptors (Lipinski definition) is 3. The van der Waals surface area contributed by atoms with E-state index in [1.165, 1.54) is 16.6 Å². The van der Waals surface area contributed by atoms with Gasteiger partial charge in [0, 0.05) is 37.1 Å². The van der Waals surface area contributed by atoms with E-state index in [0.717, 1.165) is 32.5 Å². The lowest BCUT2D eigenvalue weighted by Crippen LogP contribution is -2.41. The molecule has 4 heteroatoms. The quantitative estimate of drug-likeness (QED) is 0.616. The highest BCUT2D eigenvalue weighted by atomic mass is 16.5. The van der Waals surface area contributed by atoms with Crippen LogP contribution < -0.4 is 0 Å². The number of benzene rings is 1. The zero-order chi connectivity index (χ0) is 17.6. The highest BCUT2D eigenvalue weighted by Crippen LogP contribution is 2.28. The molecule has 1 aliphatic heterocycles. The molecule has 2 atom stereocenters. The van der Waals surface area contributed by atoms with Gasteiger partial charge in [-0.15, -0.1) is 6.58 Å². The molecule has 0 amide bonds. The second-order valence-corrected chi connectivity index (χ2v) is 6.89. The van der Waals surface area contributed by atoms with E-state index < -0.39 is 0 Å². The second-order valence-electron chi connectivity index (χ2n) is 6.89. The molecule has 0 bridgehead atoms. The third-order valence-electron chi connectivity index (χ3n) is 5.21. The van der Waals surface area contributed by atoms with E-state index in [-0.39, 0.29) is 5.97 Å². The first kappa shape index (κ1) is 17.7. The highest BCUT2D eigenvalue weighted by Gasteiger charge is 2.29. The standard InChI is InChI=1S/C21H28N2O2/c1-3-16-15-23(11-9-17(16)14-21(24)25-4-2)12-10-19-13-18-7-5-6-8-20(18)22-19/h3,5-8,13,16-17,22H,1,4,9-12,14-15H2,2H3. The van der Waals surface area contributed by atoms with Crippen LogP contribution in [0.25, 0.3) is 10.9 Å². The molecule has 1 saturated heterocycles. The van der Waals surface area contributed by atoms with Crippen molar-refractivity contribution in [1.29, 1.82) is 0 Å². The summed E-state index contributed by atoms with van der Waals surface area (Å²) in [5.74, 6) is 0.646. The maximum absolute atomic E-state index is 11.8. The summed E-state index contributed by atoms with van der Waals surface area (Å²) < 4.78 is 5.11. The Morgan fingerprint density at radius 1 is 1.44 bits per heavy atom. The number of hydrogen-bond donors (Lipinski definition) is 1. The zero-order valence-electron chi connectivity index (χ0n) is 15.0. The van der Waals surface area contributed by atoms with Crippen LogP contribution in [-0.2, 0) is 16.0 Å². The van der Waals surface area contributed by atoms with Crippen LogP contribution in [0.15, 0.2) is 43.0 Å². The van der Waals surface area contributed by atoms with Gasteiger partial charge in [0.15, 0.2) is 0 Å². The Bertz CT molecular complexity index is 689. The summed E-state index contributed by atoms with van der Waals surface area (Å²) in [6.45, 7) is 9.35. The molecule has 3 rings (SSSR count).